The van der Waals surface area contributed by atoms with Crippen molar-refractivity contribution in [3.05, 3.63) is 108 Å². The smallest absolute Gasteiger partial charge is 0.251 e. The molecule has 0 spiro atoms. The Kier molecular flexibility index (Phi) is 9.45. The molecular formula is C33H34N8O3. The van der Waals surface area contributed by atoms with Gasteiger partial charge < -0.3 is 31.4 Å². The molecule has 0 aliphatic carbocycles. The highest BCUT2D eigenvalue weighted by Gasteiger charge is 2.25. The number of rotatable bonds is 13. The van der Waals surface area contributed by atoms with Gasteiger partial charge in [0.2, 0.25) is 5.91 Å². The number of fused-ring (bicyclic) bond motifs is 1. The number of aromatic nitrogens is 3. The van der Waals surface area contributed by atoms with Gasteiger partial charge in [-0.3, -0.25) is 20.0 Å². The van der Waals surface area contributed by atoms with Crippen molar-refractivity contribution in [2.75, 3.05) is 13.1 Å². The second-order valence-corrected chi connectivity index (χ2v) is 10.2. The van der Waals surface area contributed by atoms with Crippen LogP contribution in [0.15, 0.2) is 97.2 Å². The maximum absolute atomic E-state index is 13.0. The van der Waals surface area contributed by atoms with Crippen LogP contribution in [0.3, 0.4) is 0 Å². The van der Waals surface area contributed by atoms with Crippen LogP contribution in [0.5, 0.6) is 11.5 Å². The third kappa shape index (κ3) is 7.37. The maximum atomic E-state index is 13.0. The SMILES string of the molecule is N=C(N)NCCC[C@@H](C(N)=O)n1c(-c2cccc(Oc3ccccc3)c2)nc2cc(C(=O)NCCc3ccccn3)ccc21. The van der Waals surface area contributed by atoms with E-state index >= 15 is 0 Å². The van der Waals surface area contributed by atoms with Crippen molar-refractivity contribution in [2.24, 2.45) is 11.5 Å². The van der Waals surface area contributed by atoms with E-state index in [4.69, 9.17) is 26.6 Å². The van der Waals surface area contributed by atoms with Crippen LogP contribution in [0.1, 0.15) is 34.9 Å². The predicted molar refractivity (Wildman–Crippen MR) is 169 cm³/mol. The highest BCUT2D eigenvalue weighted by molar-refractivity contribution is 5.98. The van der Waals surface area contributed by atoms with Crippen LogP contribution < -0.4 is 26.8 Å². The molecule has 0 bridgehead atoms. The van der Waals surface area contributed by atoms with Gasteiger partial charge in [0.1, 0.15) is 23.4 Å². The first-order valence-corrected chi connectivity index (χ1v) is 14.3. The summed E-state index contributed by atoms with van der Waals surface area (Å²) >= 11 is 0. The summed E-state index contributed by atoms with van der Waals surface area (Å²) in [4.78, 5) is 35.1. The van der Waals surface area contributed by atoms with Gasteiger partial charge in [-0.25, -0.2) is 4.98 Å². The molecule has 3 aromatic carbocycles. The zero-order valence-electron chi connectivity index (χ0n) is 24.1. The third-order valence-electron chi connectivity index (χ3n) is 7.03. The van der Waals surface area contributed by atoms with Crippen LogP contribution in [0.2, 0.25) is 0 Å². The van der Waals surface area contributed by atoms with Gasteiger partial charge in [0, 0.05) is 42.5 Å². The van der Waals surface area contributed by atoms with Crippen molar-refractivity contribution in [3.8, 4) is 22.9 Å². The van der Waals surface area contributed by atoms with Crippen LogP contribution in [0.4, 0.5) is 0 Å². The van der Waals surface area contributed by atoms with Gasteiger partial charge in [-0.05, 0) is 67.4 Å². The highest BCUT2D eigenvalue weighted by Crippen LogP contribution is 2.33. The van der Waals surface area contributed by atoms with E-state index in [2.05, 4.69) is 15.6 Å². The van der Waals surface area contributed by atoms with Gasteiger partial charge in [-0.1, -0.05) is 36.4 Å². The fourth-order valence-corrected chi connectivity index (χ4v) is 4.95. The fourth-order valence-electron chi connectivity index (χ4n) is 4.95. The molecule has 44 heavy (non-hydrogen) atoms. The first-order valence-electron chi connectivity index (χ1n) is 14.3. The number of guanidine groups is 1. The number of hydrogen-bond acceptors (Lipinski definition) is 6. The number of nitrogens with two attached hydrogens (primary N) is 2. The molecule has 2 amide bonds. The van der Waals surface area contributed by atoms with Crippen LogP contribution in [0.25, 0.3) is 22.4 Å². The number of benzene rings is 3. The van der Waals surface area contributed by atoms with E-state index in [0.29, 0.717) is 71.8 Å². The van der Waals surface area contributed by atoms with Crippen molar-refractivity contribution < 1.29 is 14.3 Å². The quantitative estimate of drug-likeness (QED) is 0.0778. The predicted octanol–water partition coefficient (Wildman–Crippen LogP) is 4.15. The average Bonchev–Trinajstić information content (AvgIpc) is 3.40. The standard InChI is InChI=1S/C33H34N8O3/c34-30(42)29(13-7-18-39-33(35)36)41-28-15-14-23(32(43)38-19-16-24-9-4-5-17-37-24)21-27(28)40-31(41)22-8-6-12-26(20-22)44-25-10-2-1-3-11-25/h1-6,8-12,14-15,17,20-21,29H,7,13,16,18-19H2,(H2,34,42)(H,38,43)(H4,35,36,39)/t29-/m0/s1. The zero-order chi connectivity index (χ0) is 30.9. The van der Waals surface area contributed by atoms with Crippen molar-refractivity contribution in [1.82, 2.24) is 25.2 Å². The second-order valence-electron chi connectivity index (χ2n) is 10.2. The minimum absolute atomic E-state index is 0.143. The summed E-state index contributed by atoms with van der Waals surface area (Å²) < 4.78 is 7.87. The number of nitrogens with zero attached hydrogens (tertiary/aromatic N) is 3. The molecule has 1 atom stereocenters. The number of nitrogens with one attached hydrogen (secondary N) is 3. The molecule has 0 unspecified atom stereocenters. The van der Waals surface area contributed by atoms with E-state index < -0.39 is 11.9 Å². The molecule has 7 N–H and O–H groups in total. The number of primary amides is 1. The van der Waals surface area contributed by atoms with Crippen LogP contribution >= 0.6 is 0 Å². The molecular weight excluding hydrogens is 556 g/mol. The van der Waals surface area contributed by atoms with E-state index in [9.17, 15) is 9.59 Å². The van der Waals surface area contributed by atoms with Crippen molar-refractivity contribution in [2.45, 2.75) is 25.3 Å². The van der Waals surface area contributed by atoms with Crippen molar-refractivity contribution >= 4 is 28.8 Å². The summed E-state index contributed by atoms with van der Waals surface area (Å²) in [6.45, 7) is 0.837. The summed E-state index contributed by atoms with van der Waals surface area (Å²) in [5.41, 5.74) is 14.6. The Balaban J connectivity index is 1.48. The molecule has 11 nitrogen and oxygen atoms in total. The highest BCUT2D eigenvalue weighted by atomic mass is 16.5. The number of hydrogen-bond donors (Lipinski definition) is 5. The molecule has 0 saturated heterocycles. The van der Waals surface area contributed by atoms with Crippen LogP contribution in [-0.4, -0.2) is 45.4 Å². The molecule has 11 heteroatoms. The molecule has 5 aromatic rings. The first kappa shape index (κ1) is 29.8. The zero-order valence-corrected chi connectivity index (χ0v) is 24.1. The van der Waals surface area contributed by atoms with E-state index in [-0.39, 0.29) is 11.9 Å². The van der Waals surface area contributed by atoms with Gasteiger partial charge in [0.15, 0.2) is 5.96 Å². The minimum atomic E-state index is -0.750. The normalized spacial score (nSPS) is 11.5. The van der Waals surface area contributed by atoms with E-state index in [0.717, 1.165) is 5.69 Å². The number of imidazole rings is 1. The van der Waals surface area contributed by atoms with Gasteiger partial charge in [0.05, 0.1) is 11.0 Å². The lowest BCUT2D eigenvalue weighted by Gasteiger charge is -2.20. The number of ether oxygens (including phenoxy) is 1. The van der Waals surface area contributed by atoms with Gasteiger partial charge in [-0.2, -0.15) is 0 Å². The lowest BCUT2D eigenvalue weighted by Crippen LogP contribution is -2.32. The summed E-state index contributed by atoms with van der Waals surface area (Å²) in [6, 6.07) is 27.0. The van der Waals surface area contributed by atoms with Gasteiger partial charge in [-0.15, -0.1) is 0 Å². The molecule has 0 saturated carbocycles. The van der Waals surface area contributed by atoms with Crippen LogP contribution in [0, 0.1) is 5.41 Å². The topological polar surface area (TPSA) is 174 Å². The van der Waals surface area contributed by atoms with Gasteiger partial charge >= 0.3 is 0 Å². The third-order valence-corrected chi connectivity index (χ3v) is 7.03. The summed E-state index contributed by atoms with van der Waals surface area (Å²) in [5, 5.41) is 13.1. The van der Waals surface area contributed by atoms with Crippen molar-refractivity contribution in [3.63, 3.8) is 0 Å². The number of pyridine rings is 1. The first-order chi connectivity index (χ1) is 21.4. The molecule has 224 valence electrons. The number of amides is 2. The molecule has 0 aliphatic heterocycles. The lowest BCUT2D eigenvalue weighted by atomic mass is 10.1. The Morgan fingerprint density at radius 2 is 1.68 bits per heavy atom. The second kappa shape index (κ2) is 14.0. The maximum Gasteiger partial charge on any atom is 0.251 e. The number of carbonyl (C=O) groups is 2. The van der Waals surface area contributed by atoms with E-state index in [1.165, 1.54) is 0 Å². The summed E-state index contributed by atoms with van der Waals surface area (Å²) in [7, 11) is 0. The summed E-state index contributed by atoms with van der Waals surface area (Å²) in [6.07, 6.45) is 3.24. The Morgan fingerprint density at radius 3 is 2.43 bits per heavy atom. The average molecular weight is 591 g/mol. The Hall–Kier alpha value is -5.71. The van der Waals surface area contributed by atoms with Crippen molar-refractivity contribution in [1.29, 1.82) is 5.41 Å². The molecule has 2 aromatic heterocycles. The molecule has 0 fully saturated rings. The monoisotopic (exact) mass is 590 g/mol. The largest absolute Gasteiger partial charge is 0.457 e. The molecule has 0 radical (unpaired) electrons. The Morgan fingerprint density at radius 1 is 0.886 bits per heavy atom. The van der Waals surface area contributed by atoms with E-state index in [1.807, 2.05) is 77.4 Å². The lowest BCUT2D eigenvalue weighted by molar-refractivity contribution is -0.121. The number of para-hydroxylation sites is 1. The Labute approximate surface area is 254 Å². The summed E-state index contributed by atoms with van der Waals surface area (Å²) in [5.74, 6) is 0.886. The van der Waals surface area contributed by atoms with E-state index in [1.54, 1.807) is 24.4 Å². The molecule has 0 aliphatic rings. The minimum Gasteiger partial charge on any atom is -0.457 e. The molecule has 5 rings (SSSR count). The fraction of sp³-hybridized carbons (Fsp3) is 0.182. The molecule has 2 heterocycles. The van der Waals surface area contributed by atoms with Crippen LogP contribution in [-0.2, 0) is 11.2 Å². The Bertz CT molecular complexity index is 1760. The number of carbonyl (C=O) groups excluding carboxylic acids is 2. The van der Waals surface area contributed by atoms with Gasteiger partial charge in [0.25, 0.3) is 5.91 Å².